The lowest BCUT2D eigenvalue weighted by Crippen LogP contribution is -2.34. The van der Waals surface area contributed by atoms with Gasteiger partial charge in [0.1, 0.15) is 0 Å². The highest BCUT2D eigenvalue weighted by atomic mass is 15.1. The zero-order valence-electron chi connectivity index (χ0n) is 9.97. The summed E-state index contributed by atoms with van der Waals surface area (Å²) in [5, 5.41) is 0. The van der Waals surface area contributed by atoms with Crippen LogP contribution in [0.15, 0.2) is 0 Å². The molecule has 1 heteroatoms. The van der Waals surface area contributed by atoms with Crippen LogP contribution >= 0.6 is 0 Å². The molecule has 0 aromatic carbocycles. The van der Waals surface area contributed by atoms with Crippen molar-refractivity contribution in [3.63, 3.8) is 0 Å². The van der Waals surface area contributed by atoms with Crippen molar-refractivity contribution in [2.75, 3.05) is 13.1 Å². The maximum absolute atomic E-state index is 2.65. The van der Waals surface area contributed by atoms with Crippen LogP contribution in [0.3, 0.4) is 0 Å². The largest absolute Gasteiger partial charge is 0.301 e. The van der Waals surface area contributed by atoms with Crippen molar-refractivity contribution < 1.29 is 0 Å². The summed E-state index contributed by atoms with van der Waals surface area (Å²) in [6.07, 6.45) is 6.63. The molecule has 0 rings (SSSR count). The number of unbranched alkanes of at least 4 members (excludes halogenated alkanes) is 2. The van der Waals surface area contributed by atoms with Gasteiger partial charge < -0.3 is 4.90 Å². The third kappa shape index (κ3) is 6.09. The number of hydrogen-bond acceptors (Lipinski definition) is 1. The first kappa shape index (κ1) is 13.0. The average molecular weight is 185 g/mol. The smallest absolute Gasteiger partial charge is 0.00643 e. The normalized spacial score (nSPS) is 13.6. The molecule has 0 heterocycles. The van der Waals surface area contributed by atoms with Gasteiger partial charge in [-0.05, 0) is 39.3 Å². The van der Waals surface area contributed by atoms with Crippen LogP contribution in [0, 0.1) is 0 Å². The van der Waals surface area contributed by atoms with Crippen LogP contribution in [0.1, 0.15) is 59.8 Å². The standard InChI is InChI=1S/C12H27N/c1-5-8-10-13(11-9-6-2)12(4)7-3/h12H,5-11H2,1-4H3. The van der Waals surface area contributed by atoms with Crippen molar-refractivity contribution in [2.45, 2.75) is 65.8 Å². The van der Waals surface area contributed by atoms with E-state index in [4.69, 9.17) is 0 Å². The van der Waals surface area contributed by atoms with Crippen molar-refractivity contribution in [3.8, 4) is 0 Å². The number of hydrogen-bond donors (Lipinski definition) is 0. The highest BCUT2D eigenvalue weighted by Gasteiger charge is 2.09. The first-order valence-corrected chi connectivity index (χ1v) is 6.00. The van der Waals surface area contributed by atoms with Crippen molar-refractivity contribution in [2.24, 2.45) is 0 Å². The Morgan fingerprint density at radius 3 is 1.69 bits per heavy atom. The predicted octanol–water partition coefficient (Wildman–Crippen LogP) is 3.69. The van der Waals surface area contributed by atoms with E-state index < -0.39 is 0 Å². The summed E-state index contributed by atoms with van der Waals surface area (Å²) in [5.74, 6) is 0. The third-order valence-corrected chi connectivity index (χ3v) is 2.81. The summed E-state index contributed by atoms with van der Waals surface area (Å²) in [4.78, 5) is 2.65. The minimum atomic E-state index is 0.776. The van der Waals surface area contributed by atoms with Crippen molar-refractivity contribution in [3.05, 3.63) is 0 Å². The van der Waals surface area contributed by atoms with E-state index in [1.807, 2.05) is 0 Å². The molecule has 0 bridgehead atoms. The van der Waals surface area contributed by atoms with Crippen LogP contribution in [0.4, 0.5) is 0 Å². The predicted molar refractivity (Wildman–Crippen MR) is 61.1 cm³/mol. The van der Waals surface area contributed by atoms with E-state index in [1.54, 1.807) is 0 Å². The van der Waals surface area contributed by atoms with Gasteiger partial charge in [0.25, 0.3) is 0 Å². The Kier molecular flexibility index (Phi) is 8.53. The Morgan fingerprint density at radius 1 is 0.923 bits per heavy atom. The van der Waals surface area contributed by atoms with E-state index in [0.29, 0.717) is 0 Å². The topological polar surface area (TPSA) is 3.24 Å². The molecule has 0 fully saturated rings. The fourth-order valence-corrected chi connectivity index (χ4v) is 1.53. The van der Waals surface area contributed by atoms with E-state index in [0.717, 1.165) is 6.04 Å². The Hall–Kier alpha value is -0.0400. The molecule has 0 aromatic heterocycles. The molecule has 1 atom stereocenters. The number of nitrogens with zero attached hydrogens (tertiary/aromatic N) is 1. The fourth-order valence-electron chi connectivity index (χ4n) is 1.53. The molecule has 0 aliphatic carbocycles. The summed E-state index contributed by atoms with van der Waals surface area (Å²) in [5.41, 5.74) is 0. The van der Waals surface area contributed by atoms with Gasteiger partial charge >= 0.3 is 0 Å². The third-order valence-electron chi connectivity index (χ3n) is 2.81. The van der Waals surface area contributed by atoms with Crippen LogP contribution in [0.25, 0.3) is 0 Å². The van der Waals surface area contributed by atoms with Crippen LogP contribution in [-0.4, -0.2) is 24.0 Å². The lowest BCUT2D eigenvalue weighted by atomic mass is 10.2. The van der Waals surface area contributed by atoms with Gasteiger partial charge in [-0.1, -0.05) is 33.6 Å². The molecule has 1 unspecified atom stereocenters. The monoisotopic (exact) mass is 185 g/mol. The maximum Gasteiger partial charge on any atom is 0.00643 e. The van der Waals surface area contributed by atoms with E-state index in [-0.39, 0.29) is 0 Å². The van der Waals surface area contributed by atoms with Crippen LogP contribution in [0.5, 0.6) is 0 Å². The van der Waals surface area contributed by atoms with Crippen molar-refractivity contribution >= 4 is 0 Å². The lowest BCUT2D eigenvalue weighted by molar-refractivity contribution is 0.198. The molecule has 80 valence electrons. The minimum Gasteiger partial charge on any atom is -0.301 e. The van der Waals surface area contributed by atoms with E-state index in [2.05, 4.69) is 32.6 Å². The molecule has 0 aliphatic heterocycles. The summed E-state index contributed by atoms with van der Waals surface area (Å²) in [6.45, 7) is 11.8. The summed E-state index contributed by atoms with van der Waals surface area (Å²) in [6, 6.07) is 0.776. The zero-order chi connectivity index (χ0) is 10.1. The molecule has 0 saturated heterocycles. The minimum absolute atomic E-state index is 0.776. The molecule has 0 aromatic rings. The highest BCUT2D eigenvalue weighted by molar-refractivity contribution is 4.65. The fraction of sp³-hybridized carbons (Fsp3) is 1.00. The van der Waals surface area contributed by atoms with Gasteiger partial charge in [0.2, 0.25) is 0 Å². The van der Waals surface area contributed by atoms with Gasteiger partial charge in [-0.25, -0.2) is 0 Å². The Bertz CT molecular complexity index is 93.3. The second-order valence-electron chi connectivity index (χ2n) is 4.00. The van der Waals surface area contributed by atoms with Gasteiger partial charge in [0, 0.05) is 6.04 Å². The molecule has 1 nitrogen and oxygen atoms in total. The Morgan fingerprint density at radius 2 is 1.38 bits per heavy atom. The second-order valence-corrected chi connectivity index (χ2v) is 4.00. The quantitative estimate of drug-likeness (QED) is 0.557. The average Bonchev–Trinajstić information content (AvgIpc) is 2.17. The zero-order valence-corrected chi connectivity index (χ0v) is 9.97. The number of rotatable bonds is 8. The van der Waals surface area contributed by atoms with Gasteiger partial charge in [-0.2, -0.15) is 0 Å². The van der Waals surface area contributed by atoms with Crippen molar-refractivity contribution in [1.29, 1.82) is 0 Å². The van der Waals surface area contributed by atoms with Crippen LogP contribution in [-0.2, 0) is 0 Å². The van der Waals surface area contributed by atoms with Gasteiger partial charge in [-0.3, -0.25) is 0 Å². The molecular formula is C12H27N. The molecular weight excluding hydrogens is 158 g/mol. The summed E-state index contributed by atoms with van der Waals surface area (Å²) < 4.78 is 0. The lowest BCUT2D eigenvalue weighted by Gasteiger charge is -2.28. The Balaban J connectivity index is 3.72. The Labute approximate surface area is 84.5 Å². The molecule has 0 radical (unpaired) electrons. The SMILES string of the molecule is CCCCN(CCCC)C(C)CC. The van der Waals surface area contributed by atoms with Crippen LogP contribution < -0.4 is 0 Å². The van der Waals surface area contributed by atoms with Gasteiger partial charge in [0.05, 0.1) is 0 Å². The van der Waals surface area contributed by atoms with Crippen molar-refractivity contribution in [1.82, 2.24) is 4.90 Å². The first-order chi connectivity index (χ1) is 6.26. The maximum atomic E-state index is 2.65. The second kappa shape index (κ2) is 8.55. The van der Waals surface area contributed by atoms with E-state index in [1.165, 1.54) is 45.2 Å². The molecule has 0 aliphatic rings. The van der Waals surface area contributed by atoms with E-state index >= 15 is 0 Å². The molecule has 0 saturated carbocycles. The molecule has 0 N–H and O–H groups in total. The van der Waals surface area contributed by atoms with E-state index in [9.17, 15) is 0 Å². The highest BCUT2D eigenvalue weighted by Crippen LogP contribution is 2.07. The molecule has 0 spiro atoms. The first-order valence-electron chi connectivity index (χ1n) is 6.00. The molecule has 13 heavy (non-hydrogen) atoms. The van der Waals surface area contributed by atoms with Gasteiger partial charge in [-0.15, -0.1) is 0 Å². The summed E-state index contributed by atoms with van der Waals surface area (Å²) >= 11 is 0. The summed E-state index contributed by atoms with van der Waals surface area (Å²) in [7, 11) is 0. The van der Waals surface area contributed by atoms with Gasteiger partial charge in [0.15, 0.2) is 0 Å². The molecule has 0 amide bonds. The van der Waals surface area contributed by atoms with Crippen LogP contribution in [0.2, 0.25) is 0 Å².